The molecule has 0 aliphatic carbocycles. The molecule has 4 heteroatoms. The highest BCUT2D eigenvalue weighted by Gasteiger charge is 2.13. The summed E-state index contributed by atoms with van der Waals surface area (Å²) in [5.41, 5.74) is 1.52. The van der Waals surface area contributed by atoms with Crippen LogP contribution in [0.5, 0.6) is 5.75 Å². The van der Waals surface area contributed by atoms with E-state index in [0.29, 0.717) is 5.56 Å². The quantitative estimate of drug-likeness (QED) is 0.906. The Kier molecular flexibility index (Phi) is 4.45. The van der Waals surface area contributed by atoms with Gasteiger partial charge in [-0.1, -0.05) is 12.1 Å². The molecule has 2 rings (SSSR count). The number of furan rings is 1. The van der Waals surface area contributed by atoms with Gasteiger partial charge >= 0.3 is 0 Å². The molecule has 2 aromatic rings. The van der Waals surface area contributed by atoms with Gasteiger partial charge < -0.3 is 14.5 Å². The number of nitrogens with one attached hydrogen (secondary N) is 1. The van der Waals surface area contributed by atoms with Crippen LogP contribution in [-0.2, 0) is 0 Å². The van der Waals surface area contributed by atoms with Crippen molar-refractivity contribution in [3.8, 4) is 5.75 Å². The van der Waals surface area contributed by atoms with E-state index in [9.17, 15) is 4.79 Å². The molecule has 20 heavy (non-hydrogen) atoms. The van der Waals surface area contributed by atoms with Crippen molar-refractivity contribution in [2.45, 2.75) is 32.9 Å². The summed E-state index contributed by atoms with van der Waals surface area (Å²) in [6, 6.07) is 9.28. The van der Waals surface area contributed by atoms with Crippen LogP contribution in [0.3, 0.4) is 0 Å². The largest absolute Gasteiger partial charge is 0.491 e. The molecule has 1 aromatic carbocycles. The topological polar surface area (TPSA) is 51.5 Å². The minimum Gasteiger partial charge on any atom is -0.491 e. The number of rotatable bonds is 5. The van der Waals surface area contributed by atoms with Gasteiger partial charge in [-0.3, -0.25) is 4.79 Å². The Hall–Kier alpha value is -2.23. The molecule has 4 nitrogen and oxygen atoms in total. The van der Waals surface area contributed by atoms with Crippen molar-refractivity contribution in [3.05, 3.63) is 54.0 Å². The lowest BCUT2D eigenvalue weighted by atomic mass is 10.1. The summed E-state index contributed by atoms with van der Waals surface area (Å²) in [5.74, 6) is 0.656. The Morgan fingerprint density at radius 3 is 2.70 bits per heavy atom. The van der Waals surface area contributed by atoms with E-state index in [1.807, 2.05) is 45.0 Å². The molecule has 1 amide bonds. The van der Waals surface area contributed by atoms with E-state index in [4.69, 9.17) is 9.15 Å². The molecular formula is C16H19NO3. The Morgan fingerprint density at radius 1 is 1.25 bits per heavy atom. The highest BCUT2D eigenvalue weighted by Crippen LogP contribution is 2.20. The van der Waals surface area contributed by atoms with E-state index >= 15 is 0 Å². The summed E-state index contributed by atoms with van der Waals surface area (Å²) in [7, 11) is 0. The molecule has 1 N–H and O–H groups in total. The molecule has 1 unspecified atom stereocenters. The molecule has 0 radical (unpaired) electrons. The predicted molar refractivity (Wildman–Crippen MR) is 76.8 cm³/mol. The third-order valence-corrected chi connectivity index (χ3v) is 2.86. The van der Waals surface area contributed by atoms with Crippen molar-refractivity contribution >= 4 is 5.91 Å². The monoisotopic (exact) mass is 273 g/mol. The second-order valence-electron chi connectivity index (χ2n) is 4.95. The van der Waals surface area contributed by atoms with Gasteiger partial charge in [-0.05, 0) is 44.5 Å². The fourth-order valence-electron chi connectivity index (χ4n) is 1.89. The fraction of sp³-hybridized carbons (Fsp3) is 0.312. The van der Waals surface area contributed by atoms with E-state index in [-0.39, 0.29) is 18.1 Å². The zero-order chi connectivity index (χ0) is 14.5. The van der Waals surface area contributed by atoms with Crippen LogP contribution < -0.4 is 10.1 Å². The Labute approximate surface area is 118 Å². The Morgan fingerprint density at radius 2 is 2.05 bits per heavy atom. The predicted octanol–water partition coefficient (Wildman–Crippen LogP) is 3.56. The van der Waals surface area contributed by atoms with Crippen LogP contribution in [0.15, 0.2) is 47.3 Å². The average molecular weight is 273 g/mol. The number of carbonyl (C=O) groups is 1. The third kappa shape index (κ3) is 3.63. The summed E-state index contributed by atoms with van der Waals surface area (Å²) in [4.78, 5) is 11.9. The van der Waals surface area contributed by atoms with Gasteiger partial charge in [-0.25, -0.2) is 0 Å². The van der Waals surface area contributed by atoms with Crippen LogP contribution in [0.25, 0.3) is 0 Å². The molecule has 1 aromatic heterocycles. The van der Waals surface area contributed by atoms with Crippen LogP contribution in [0.1, 0.15) is 42.7 Å². The fourth-order valence-corrected chi connectivity index (χ4v) is 1.89. The maximum atomic E-state index is 11.9. The second-order valence-corrected chi connectivity index (χ2v) is 4.95. The second kappa shape index (κ2) is 6.28. The van der Waals surface area contributed by atoms with E-state index < -0.39 is 0 Å². The van der Waals surface area contributed by atoms with Gasteiger partial charge in [0.25, 0.3) is 5.91 Å². The number of benzene rings is 1. The highest BCUT2D eigenvalue weighted by molar-refractivity contribution is 5.94. The minimum absolute atomic E-state index is 0.104. The van der Waals surface area contributed by atoms with Gasteiger partial charge in [0.05, 0.1) is 24.0 Å². The number of carbonyl (C=O) groups excluding carboxylic acids is 1. The smallest absolute Gasteiger partial charge is 0.255 e. The maximum absolute atomic E-state index is 11.9. The van der Waals surface area contributed by atoms with Crippen molar-refractivity contribution in [1.82, 2.24) is 5.32 Å². The van der Waals surface area contributed by atoms with Crippen LogP contribution in [0.4, 0.5) is 0 Å². The first-order valence-corrected chi connectivity index (χ1v) is 6.66. The van der Waals surface area contributed by atoms with Crippen molar-refractivity contribution in [1.29, 1.82) is 0 Å². The lowest BCUT2D eigenvalue weighted by Crippen LogP contribution is -2.26. The van der Waals surface area contributed by atoms with E-state index in [0.717, 1.165) is 11.3 Å². The highest BCUT2D eigenvalue weighted by atomic mass is 16.5. The summed E-state index contributed by atoms with van der Waals surface area (Å²) in [6.07, 6.45) is 3.04. The maximum Gasteiger partial charge on any atom is 0.255 e. The van der Waals surface area contributed by atoms with Gasteiger partial charge in [0.2, 0.25) is 0 Å². The number of hydrogen-bond donors (Lipinski definition) is 1. The average Bonchev–Trinajstić information content (AvgIpc) is 2.92. The van der Waals surface area contributed by atoms with Crippen molar-refractivity contribution < 1.29 is 13.9 Å². The van der Waals surface area contributed by atoms with E-state index in [1.54, 1.807) is 6.07 Å². The summed E-state index contributed by atoms with van der Waals surface area (Å²) >= 11 is 0. The van der Waals surface area contributed by atoms with Gasteiger partial charge in [-0.2, -0.15) is 0 Å². The Bertz CT molecular complexity index is 561. The van der Waals surface area contributed by atoms with Gasteiger partial charge in [0, 0.05) is 0 Å². The van der Waals surface area contributed by atoms with Gasteiger partial charge in [0.15, 0.2) is 0 Å². The van der Waals surface area contributed by atoms with Gasteiger partial charge in [0.1, 0.15) is 12.0 Å². The molecule has 0 aliphatic rings. The first-order valence-electron chi connectivity index (χ1n) is 6.66. The van der Waals surface area contributed by atoms with Crippen molar-refractivity contribution in [2.75, 3.05) is 0 Å². The normalized spacial score (nSPS) is 12.2. The molecule has 0 fully saturated rings. The third-order valence-electron chi connectivity index (χ3n) is 2.86. The van der Waals surface area contributed by atoms with Crippen LogP contribution in [-0.4, -0.2) is 12.0 Å². The van der Waals surface area contributed by atoms with Crippen LogP contribution in [0, 0.1) is 0 Å². The Balaban J connectivity index is 2.05. The molecule has 1 atom stereocenters. The molecule has 0 bridgehead atoms. The molecule has 0 spiro atoms. The zero-order valence-electron chi connectivity index (χ0n) is 11.9. The first-order chi connectivity index (χ1) is 9.56. The zero-order valence-corrected chi connectivity index (χ0v) is 11.9. The van der Waals surface area contributed by atoms with Crippen LogP contribution in [0.2, 0.25) is 0 Å². The molecule has 1 heterocycles. The summed E-state index contributed by atoms with van der Waals surface area (Å²) in [6.45, 7) is 5.90. The summed E-state index contributed by atoms with van der Waals surface area (Å²) in [5, 5.41) is 2.92. The first kappa shape index (κ1) is 14.2. The molecular weight excluding hydrogens is 254 g/mol. The minimum atomic E-state index is -0.151. The standard InChI is InChI=1S/C16H19NO3/c1-11(2)20-15-6-4-5-13(9-15)12(3)17-16(18)14-7-8-19-10-14/h4-12H,1-3H3,(H,17,18). The molecule has 0 saturated heterocycles. The molecule has 106 valence electrons. The number of ether oxygens (including phenoxy) is 1. The molecule has 0 saturated carbocycles. The van der Waals surface area contributed by atoms with Crippen LogP contribution >= 0.6 is 0 Å². The molecule has 0 aliphatic heterocycles. The number of amides is 1. The van der Waals surface area contributed by atoms with E-state index in [1.165, 1.54) is 12.5 Å². The number of hydrogen-bond acceptors (Lipinski definition) is 3. The van der Waals surface area contributed by atoms with E-state index in [2.05, 4.69) is 5.32 Å². The SMILES string of the molecule is CC(C)Oc1cccc(C(C)NC(=O)c2ccoc2)c1. The van der Waals surface area contributed by atoms with Crippen molar-refractivity contribution in [3.63, 3.8) is 0 Å². The van der Waals surface area contributed by atoms with Gasteiger partial charge in [-0.15, -0.1) is 0 Å². The lowest BCUT2D eigenvalue weighted by molar-refractivity contribution is 0.0939. The summed E-state index contributed by atoms with van der Waals surface area (Å²) < 4.78 is 10.6. The lowest BCUT2D eigenvalue weighted by Gasteiger charge is -2.16. The van der Waals surface area contributed by atoms with Crippen molar-refractivity contribution in [2.24, 2.45) is 0 Å².